The lowest BCUT2D eigenvalue weighted by atomic mass is 10.1. The van der Waals surface area contributed by atoms with Gasteiger partial charge in [0.1, 0.15) is 5.82 Å². The third-order valence-corrected chi connectivity index (χ3v) is 5.19. The Kier molecular flexibility index (Phi) is 5.84. The van der Waals surface area contributed by atoms with Gasteiger partial charge in [0.15, 0.2) is 5.82 Å². The van der Waals surface area contributed by atoms with Crippen LogP contribution < -0.4 is 10.2 Å². The van der Waals surface area contributed by atoms with Crippen LogP contribution >= 0.6 is 0 Å². The molecule has 0 bridgehead atoms. The molecular weight excluding hydrogens is 379 g/mol. The first kappa shape index (κ1) is 19.8. The zero-order chi connectivity index (χ0) is 20.9. The van der Waals surface area contributed by atoms with Crippen molar-refractivity contribution in [3.8, 4) is 11.3 Å². The number of carbonyl (C=O) groups excluding carboxylic acids is 1. The first-order valence-corrected chi connectivity index (χ1v) is 9.98. The summed E-state index contributed by atoms with van der Waals surface area (Å²) in [7, 11) is 0. The van der Waals surface area contributed by atoms with Crippen molar-refractivity contribution >= 4 is 17.8 Å². The SMILES string of the molecule is C/C(=C\c1ccccc1)C(=O)NC1CCN(c2ccc(-c3ccccc3F)nn2)C1. The summed E-state index contributed by atoms with van der Waals surface area (Å²) >= 11 is 0. The molecule has 0 aliphatic carbocycles. The molecule has 1 aliphatic rings. The van der Waals surface area contributed by atoms with Gasteiger partial charge in [-0.15, -0.1) is 10.2 Å². The van der Waals surface area contributed by atoms with Gasteiger partial charge in [0.25, 0.3) is 0 Å². The lowest BCUT2D eigenvalue weighted by Gasteiger charge is -2.18. The Morgan fingerprint density at radius 1 is 1.07 bits per heavy atom. The van der Waals surface area contributed by atoms with Crippen LogP contribution in [0.1, 0.15) is 18.9 Å². The quantitative estimate of drug-likeness (QED) is 0.654. The second-order valence-corrected chi connectivity index (χ2v) is 7.40. The number of anilines is 1. The topological polar surface area (TPSA) is 58.1 Å². The van der Waals surface area contributed by atoms with Crippen LogP contribution in [0.15, 0.2) is 72.3 Å². The molecule has 0 spiro atoms. The molecule has 1 fully saturated rings. The van der Waals surface area contributed by atoms with Gasteiger partial charge in [-0.05, 0) is 49.2 Å². The van der Waals surface area contributed by atoms with E-state index in [2.05, 4.69) is 20.4 Å². The summed E-state index contributed by atoms with van der Waals surface area (Å²) in [4.78, 5) is 14.6. The zero-order valence-corrected chi connectivity index (χ0v) is 16.8. The highest BCUT2D eigenvalue weighted by atomic mass is 19.1. The number of rotatable bonds is 5. The lowest BCUT2D eigenvalue weighted by Crippen LogP contribution is -2.37. The molecule has 6 heteroatoms. The maximum Gasteiger partial charge on any atom is 0.247 e. The summed E-state index contributed by atoms with van der Waals surface area (Å²) in [6.07, 6.45) is 2.72. The summed E-state index contributed by atoms with van der Waals surface area (Å²) in [5, 5.41) is 11.6. The van der Waals surface area contributed by atoms with Gasteiger partial charge in [-0.25, -0.2) is 4.39 Å². The molecule has 4 rings (SSSR count). The van der Waals surface area contributed by atoms with Gasteiger partial charge in [-0.2, -0.15) is 0 Å². The fraction of sp³-hybridized carbons (Fsp3) is 0.208. The van der Waals surface area contributed by atoms with E-state index in [1.54, 1.807) is 24.3 Å². The summed E-state index contributed by atoms with van der Waals surface area (Å²) < 4.78 is 13.9. The Hall–Kier alpha value is -3.54. The Labute approximate surface area is 175 Å². The van der Waals surface area contributed by atoms with E-state index in [1.807, 2.05) is 49.4 Å². The molecule has 1 amide bonds. The number of carbonyl (C=O) groups is 1. The summed E-state index contributed by atoms with van der Waals surface area (Å²) in [6, 6.07) is 20.0. The van der Waals surface area contributed by atoms with E-state index in [1.165, 1.54) is 6.07 Å². The van der Waals surface area contributed by atoms with Crippen molar-refractivity contribution in [3.05, 3.63) is 83.7 Å². The van der Waals surface area contributed by atoms with Crippen molar-refractivity contribution in [2.75, 3.05) is 18.0 Å². The minimum Gasteiger partial charge on any atom is -0.353 e. The van der Waals surface area contributed by atoms with Gasteiger partial charge in [0.2, 0.25) is 5.91 Å². The molecule has 30 heavy (non-hydrogen) atoms. The summed E-state index contributed by atoms with van der Waals surface area (Å²) in [5.41, 5.74) is 2.61. The third kappa shape index (κ3) is 4.54. The number of halogens is 1. The van der Waals surface area contributed by atoms with E-state index >= 15 is 0 Å². The van der Waals surface area contributed by atoms with Crippen molar-refractivity contribution < 1.29 is 9.18 Å². The average molecular weight is 402 g/mol. The van der Waals surface area contributed by atoms with Crippen LogP contribution in [-0.4, -0.2) is 35.2 Å². The second kappa shape index (κ2) is 8.86. The molecule has 2 heterocycles. The molecule has 1 aromatic heterocycles. The number of nitrogens with zero attached hydrogens (tertiary/aromatic N) is 3. The van der Waals surface area contributed by atoms with Crippen LogP contribution in [0.3, 0.4) is 0 Å². The normalized spacial score (nSPS) is 16.5. The van der Waals surface area contributed by atoms with Crippen LogP contribution in [0, 0.1) is 5.82 Å². The Balaban J connectivity index is 1.37. The molecule has 1 N–H and O–H groups in total. The van der Waals surface area contributed by atoms with Crippen molar-refractivity contribution in [1.82, 2.24) is 15.5 Å². The lowest BCUT2D eigenvalue weighted by molar-refractivity contribution is -0.117. The molecule has 1 atom stereocenters. The van der Waals surface area contributed by atoms with E-state index in [-0.39, 0.29) is 17.8 Å². The number of nitrogens with one attached hydrogen (secondary N) is 1. The van der Waals surface area contributed by atoms with Crippen LogP contribution in [0.5, 0.6) is 0 Å². The van der Waals surface area contributed by atoms with Gasteiger partial charge in [0.05, 0.1) is 5.69 Å². The molecule has 152 valence electrons. The van der Waals surface area contributed by atoms with Gasteiger partial charge in [-0.3, -0.25) is 4.79 Å². The Morgan fingerprint density at radius 3 is 2.57 bits per heavy atom. The second-order valence-electron chi connectivity index (χ2n) is 7.40. The predicted molar refractivity (Wildman–Crippen MR) is 116 cm³/mol. The monoisotopic (exact) mass is 402 g/mol. The van der Waals surface area contributed by atoms with E-state index in [0.29, 0.717) is 23.4 Å². The largest absolute Gasteiger partial charge is 0.353 e. The molecule has 3 aromatic rings. The number of benzene rings is 2. The Bertz CT molecular complexity index is 1050. The van der Waals surface area contributed by atoms with Crippen LogP contribution in [-0.2, 0) is 4.79 Å². The van der Waals surface area contributed by atoms with Crippen LogP contribution in [0.25, 0.3) is 17.3 Å². The third-order valence-electron chi connectivity index (χ3n) is 5.19. The number of hydrogen-bond donors (Lipinski definition) is 1. The van der Waals surface area contributed by atoms with E-state index in [4.69, 9.17) is 0 Å². The molecule has 1 unspecified atom stereocenters. The first-order valence-electron chi connectivity index (χ1n) is 9.98. The highest BCUT2D eigenvalue weighted by molar-refractivity contribution is 5.97. The van der Waals surface area contributed by atoms with Crippen LogP contribution in [0.4, 0.5) is 10.2 Å². The van der Waals surface area contributed by atoms with Crippen LogP contribution in [0.2, 0.25) is 0 Å². The van der Waals surface area contributed by atoms with Crippen molar-refractivity contribution in [3.63, 3.8) is 0 Å². The first-order chi connectivity index (χ1) is 14.6. The predicted octanol–water partition coefficient (Wildman–Crippen LogP) is 4.08. The number of amides is 1. The highest BCUT2D eigenvalue weighted by Gasteiger charge is 2.25. The summed E-state index contributed by atoms with van der Waals surface area (Å²) in [5.74, 6) is 0.345. The van der Waals surface area contributed by atoms with E-state index < -0.39 is 0 Å². The van der Waals surface area contributed by atoms with E-state index in [0.717, 1.165) is 24.3 Å². The smallest absolute Gasteiger partial charge is 0.247 e. The van der Waals surface area contributed by atoms with Crippen molar-refractivity contribution in [2.24, 2.45) is 0 Å². The molecule has 5 nitrogen and oxygen atoms in total. The maximum absolute atomic E-state index is 13.9. The minimum absolute atomic E-state index is 0.0460. The number of aromatic nitrogens is 2. The molecule has 2 aromatic carbocycles. The standard InChI is InChI=1S/C24H23FN4O/c1-17(15-18-7-3-2-4-8-18)24(30)26-19-13-14-29(16-19)23-12-11-22(27-28-23)20-9-5-6-10-21(20)25/h2-12,15,19H,13-14,16H2,1H3,(H,26,30)/b17-15+. The fourth-order valence-electron chi connectivity index (χ4n) is 3.56. The molecule has 1 aliphatic heterocycles. The van der Waals surface area contributed by atoms with Gasteiger partial charge in [-0.1, -0.05) is 42.5 Å². The molecule has 0 saturated carbocycles. The van der Waals surface area contributed by atoms with Gasteiger partial charge < -0.3 is 10.2 Å². The van der Waals surface area contributed by atoms with Gasteiger partial charge in [0, 0.05) is 30.3 Å². The number of hydrogen-bond acceptors (Lipinski definition) is 4. The average Bonchev–Trinajstić information content (AvgIpc) is 3.23. The molecular formula is C24H23FN4O. The van der Waals surface area contributed by atoms with Crippen molar-refractivity contribution in [1.29, 1.82) is 0 Å². The van der Waals surface area contributed by atoms with E-state index in [9.17, 15) is 9.18 Å². The minimum atomic E-state index is -0.317. The van der Waals surface area contributed by atoms with Crippen molar-refractivity contribution in [2.45, 2.75) is 19.4 Å². The highest BCUT2D eigenvalue weighted by Crippen LogP contribution is 2.23. The zero-order valence-electron chi connectivity index (χ0n) is 16.8. The molecule has 0 radical (unpaired) electrons. The molecule has 1 saturated heterocycles. The maximum atomic E-state index is 13.9. The fourth-order valence-corrected chi connectivity index (χ4v) is 3.56. The van der Waals surface area contributed by atoms with Gasteiger partial charge >= 0.3 is 0 Å². The summed E-state index contributed by atoms with van der Waals surface area (Å²) in [6.45, 7) is 3.26. The Morgan fingerprint density at radius 2 is 1.83 bits per heavy atom.